The second-order valence-electron chi connectivity index (χ2n) is 6.00. The fourth-order valence-corrected chi connectivity index (χ4v) is 3.18. The molecule has 1 aliphatic carbocycles. The van der Waals surface area contributed by atoms with Crippen LogP contribution in [0, 0.1) is 0 Å². The van der Waals surface area contributed by atoms with E-state index in [1.165, 1.54) is 36.6 Å². The number of fused-ring (bicyclic) bond motifs is 1. The number of hydrogen-bond acceptors (Lipinski definition) is 3. The molecule has 1 atom stereocenters. The molecule has 0 spiro atoms. The van der Waals surface area contributed by atoms with Crippen LogP contribution in [0.15, 0.2) is 36.5 Å². The molecule has 1 saturated carbocycles. The summed E-state index contributed by atoms with van der Waals surface area (Å²) in [6, 6.07) is 11.6. The standard InChI is InChI=1S/C18H25N3/c1-2-3-12-21(15-9-10-15)17(13-19)16-8-4-6-14-7-5-11-20-18(14)16/h4-8,11,15,17H,2-3,9-10,12-13,19H2,1H3. The summed E-state index contributed by atoms with van der Waals surface area (Å²) in [6.07, 6.45) is 6.99. The average molecular weight is 283 g/mol. The number of benzene rings is 1. The van der Waals surface area contributed by atoms with Gasteiger partial charge in [0.15, 0.2) is 0 Å². The van der Waals surface area contributed by atoms with Gasteiger partial charge in [-0.15, -0.1) is 0 Å². The summed E-state index contributed by atoms with van der Waals surface area (Å²) in [5.74, 6) is 0. The molecule has 2 N–H and O–H groups in total. The molecule has 1 aromatic carbocycles. The van der Waals surface area contributed by atoms with Crippen molar-refractivity contribution >= 4 is 10.9 Å². The third kappa shape index (κ3) is 3.09. The molecule has 3 rings (SSSR count). The molecular formula is C18H25N3. The number of unbranched alkanes of at least 4 members (excludes halogenated alkanes) is 1. The molecule has 1 fully saturated rings. The van der Waals surface area contributed by atoms with Gasteiger partial charge in [-0.1, -0.05) is 37.6 Å². The number of nitrogens with zero attached hydrogens (tertiary/aromatic N) is 2. The highest BCUT2D eigenvalue weighted by Crippen LogP contribution is 2.36. The molecule has 0 amide bonds. The number of pyridine rings is 1. The summed E-state index contributed by atoms with van der Waals surface area (Å²) in [5, 5.41) is 1.21. The largest absolute Gasteiger partial charge is 0.329 e. The first-order valence-corrected chi connectivity index (χ1v) is 8.14. The first-order chi connectivity index (χ1) is 10.3. The maximum atomic E-state index is 6.16. The zero-order valence-electron chi connectivity index (χ0n) is 12.8. The Hall–Kier alpha value is -1.45. The SMILES string of the molecule is CCCCN(C1CC1)C(CN)c1cccc2cccnc12. The normalized spacial score (nSPS) is 16.5. The van der Waals surface area contributed by atoms with Gasteiger partial charge in [0.1, 0.15) is 0 Å². The highest BCUT2D eigenvalue weighted by Gasteiger charge is 2.34. The molecule has 1 aliphatic rings. The Morgan fingerprint density at radius 2 is 2.10 bits per heavy atom. The molecule has 0 saturated heterocycles. The van der Waals surface area contributed by atoms with Crippen LogP contribution in [0.3, 0.4) is 0 Å². The third-order valence-corrected chi connectivity index (χ3v) is 4.43. The van der Waals surface area contributed by atoms with Crippen molar-refractivity contribution in [2.75, 3.05) is 13.1 Å². The minimum Gasteiger partial charge on any atom is -0.329 e. The smallest absolute Gasteiger partial charge is 0.0750 e. The van der Waals surface area contributed by atoms with Crippen LogP contribution in [-0.4, -0.2) is 29.0 Å². The maximum Gasteiger partial charge on any atom is 0.0750 e. The highest BCUT2D eigenvalue weighted by atomic mass is 15.2. The molecular weight excluding hydrogens is 258 g/mol. The lowest BCUT2D eigenvalue weighted by molar-refractivity contribution is 0.189. The lowest BCUT2D eigenvalue weighted by Crippen LogP contribution is -2.36. The van der Waals surface area contributed by atoms with E-state index in [1.54, 1.807) is 0 Å². The van der Waals surface area contributed by atoms with Crippen LogP contribution >= 0.6 is 0 Å². The van der Waals surface area contributed by atoms with Crippen molar-refractivity contribution in [1.29, 1.82) is 0 Å². The number of nitrogens with two attached hydrogens (primary N) is 1. The maximum absolute atomic E-state index is 6.16. The minimum absolute atomic E-state index is 0.294. The lowest BCUT2D eigenvalue weighted by Gasteiger charge is -2.31. The first kappa shape index (κ1) is 14.5. The number of aromatic nitrogens is 1. The predicted molar refractivity (Wildman–Crippen MR) is 88.2 cm³/mol. The van der Waals surface area contributed by atoms with Gasteiger partial charge in [-0.25, -0.2) is 0 Å². The van der Waals surface area contributed by atoms with Crippen molar-refractivity contribution in [1.82, 2.24) is 9.88 Å². The molecule has 2 aromatic rings. The number of para-hydroxylation sites is 1. The highest BCUT2D eigenvalue weighted by molar-refractivity contribution is 5.82. The van der Waals surface area contributed by atoms with E-state index in [1.807, 2.05) is 12.3 Å². The molecule has 112 valence electrons. The van der Waals surface area contributed by atoms with Crippen molar-refractivity contribution in [3.05, 3.63) is 42.1 Å². The summed E-state index contributed by atoms with van der Waals surface area (Å²) in [6.45, 7) is 4.06. The Morgan fingerprint density at radius 3 is 2.81 bits per heavy atom. The summed E-state index contributed by atoms with van der Waals surface area (Å²) < 4.78 is 0. The zero-order chi connectivity index (χ0) is 14.7. The second kappa shape index (κ2) is 6.54. The Kier molecular flexibility index (Phi) is 4.51. The minimum atomic E-state index is 0.294. The number of rotatable bonds is 7. The third-order valence-electron chi connectivity index (χ3n) is 4.43. The molecule has 3 heteroatoms. The van der Waals surface area contributed by atoms with Crippen LogP contribution in [0.25, 0.3) is 10.9 Å². The molecule has 3 nitrogen and oxygen atoms in total. The molecule has 21 heavy (non-hydrogen) atoms. The van der Waals surface area contributed by atoms with Gasteiger partial charge in [-0.05, 0) is 37.4 Å². The van der Waals surface area contributed by atoms with E-state index in [2.05, 4.69) is 41.1 Å². The fourth-order valence-electron chi connectivity index (χ4n) is 3.18. The van der Waals surface area contributed by atoms with Crippen LogP contribution < -0.4 is 5.73 Å². The van der Waals surface area contributed by atoms with Gasteiger partial charge in [-0.2, -0.15) is 0 Å². The summed E-state index contributed by atoms with van der Waals surface area (Å²) in [7, 11) is 0. The van der Waals surface area contributed by atoms with Crippen LogP contribution in [0.4, 0.5) is 0 Å². The molecule has 0 radical (unpaired) electrons. The van der Waals surface area contributed by atoms with Gasteiger partial charge in [0.05, 0.1) is 5.52 Å². The average Bonchev–Trinajstić information content (AvgIpc) is 3.36. The van der Waals surface area contributed by atoms with E-state index in [-0.39, 0.29) is 0 Å². The van der Waals surface area contributed by atoms with E-state index >= 15 is 0 Å². The predicted octanol–water partition coefficient (Wildman–Crippen LogP) is 3.50. The summed E-state index contributed by atoms with van der Waals surface area (Å²) in [4.78, 5) is 7.23. The molecule has 1 unspecified atom stereocenters. The monoisotopic (exact) mass is 283 g/mol. The Morgan fingerprint density at radius 1 is 1.29 bits per heavy atom. The van der Waals surface area contributed by atoms with E-state index in [9.17, 15) is 0 Å². The Bertz CT molecular complexity index is 587. The fraction of sp³-hybridized carbons (Fsp3) is 0.500. The van der Waals surface area contributed by atoms with E-state index in [4.69, 9.17) is 5.73 Å². The Labute approximate surface area is 127 Å². The molecule has 0 aliphatic heterocycles. The van der Waals surface area contributed by atoms with Gasteiger partial charge in [0, 0.05) is 30.2 Å². The van der Waals surface area contributed by atoms with E-state index in [0.717, 1.165) is 18.1 Å². The van der Waals surface area contributed by atoms with E-state index in [0.29, 0.717) is 12.6 Å². The lowest BCUT2D eigenvalue weighted by atomic mass is 10.0. The second-order valence-corrected chi connectivity index (χ2v) is 6.00. The molecule has 1 aromatic heterocycles. The quantitative estimate of drug-likeness (QED) is 0.845. The van der Waals surface area contributed by atoms with Crippen molar-refractivity contribution < 1.29 is 0 Å². The van der Waals surface area contributed by atoms with Crippen molar-refractivity contribution in [3.63, 3.8) is 0 Å². The van der Waals surface area contributed by atoms with Gasteiger partial charge in [0.2, 0.25) is 0 Å². The summed E-state index contributed by atoms with van der Waals surface area (Å²) in [5.41, 5.74) is 8.56. The van der Waals surface area contributed by atoms with Gasteiger partial charge < -0.3 is 5.73 Å². The van der Waals surface area contributed by atoms with Gasteiger partial charge in [0.25, 0.3) is 0 Å². The van der Waals surface area contributed by atoms with Crippen molar-refractivity contribution in [3.8, 4) is 0 Å². The van der Waals surface area contributed by atoms with Crippen LogP contribution in [0.5, 0.6) is 0 Å². The zero-order valence-corrected chi connectivity index (χ0v) is 12.8. The molecule has 1 heterocycles. The molecule has 0 bridgehead atoms. The van der Waals surface area contributed by atoms with Crippen molar-refractivity contribution in [2.45, 2.75) is 44.7 Å². The van der Waals surface area contributed by atoms with E-state index < -0.39 is 0 Å². The van der Waals surface area contributed by atoms with Gasteiger partial charge >= 0.3 is 0 Å². The Balaban J connectivity index is 1.96. The first-order valence-electron chi connectivity index (χ1n) is 8.14. The summed E-state index contributed by atoms with van der Waals surface area (Å²) >= 11 is 0. The van der Waals surface area contributed by atoms with Crippen LogP contribution in [-0.2, 0) is 0 Å². The van der Waals surface area contributed by atoms with Crippen molar-refractivity contribution in [2.24, 2.45) is 5.73 Å². The van der Waals surface area contributed by atoms with Crippen LogP contribution in [0.2, 0.25) is 0 Å². The van der Waals surface area contributed by atoms with Gasteiger partial charge in [-0.3, -0.25) is 9.88 Å². The topological polar surface area (TPSA) is 42.1 Å². The van der Waals surface area contributed by atoms with Crippen LogP contribution in [0.1, 0.15) is 44.2 Å². The number of hydrogen-bond donors (Lipinski definition) is 1.